The summed E-state index contributed by atoms with van der Waals surface area (Å²) in [6, 6.07) is 10.2. The first kappa shape index (κ1) is 20.3. The van der Waals surface area contributed by atoms with Gasteiger partial charge < -0.3 is 19.9 Å². The topological polar surface area (TPSA) is 61.9 Å². The highest BCUT2D eigenvalue weighted by Gasteiger charge is 2.42. The van der Waals surface area contributed by atoms with Gasteiger partial charge in [0.25, 0.3) is 5.91 Å². The number of piperidine rings is 1. The Hall–Kier alpha value is -3.00. The molecule has 2 aliphatic rings. The van der Waals surface area contributed by atoms with Gasteiger partial charge in [-0.2, -0.15) is 0 Å². The van der Waals surface area contributed by atoms with Crippen molar-refractivity contribution in [1.29, 1.82) is 0 Å². The number of anilines is 1. The Morgan fingerprint density at radius 1 is 1.13 bits per heavy atom. The molecule has 2 aromatic carbocycles. The van der Waals surface area contributed by atoms with Crippen LogP contribution in [0, 0.1) is 11.6 Å². The number of halogens is 2. The summed E-state index contributed by atoms with van der Waals surface area (Å²) in [6.07, 6.45) is 1.46. The van der Waals surface area contributed by atoms with E-state index >= 15 is 0 Å². The molecule has 158 valence electrons. The van der Waals surface area contributed by atoms with Crippen molar-refractivity contribution in [3.8, 4) is 5.75 Å². The summed E-state index contributed by atoms with van der Waals surface area (Å²) in [4.78, 5) is 29.4. The zero-order valence-corrected chi connectivity index (χ0v) is 16.7. The van der Waals surface area contributed by atoms with Crippen molar-refractivity contribution in [3.63, 3.8) is 0 Å². The standard InChI is InChI=1S/C22H23F2N3O3/c1-26-10-8-22(9-11-26)14-27(21(29)16-4-2-3-5-19(16)30-22)13-20(28)25-15-6-7-17(23)18(24)12-15/h2-7,12H,8-11,13-14H2,1H3,(H,25,28). The molecule has 2 aromatic rings. The lowest BCUT2D eigenvalue weighted by Crippen LogP contribution is -2.54. The van der Waals surface area contributed by atoms with Gasteiger partial charge in [-0.1, -0.05) is 12.1 Å². The third-order valence-corrected chi connectivity index (χ3v) is 5.65. The Balaban J connectivity index is 1.56. The molecular weight excluding hydrogens is 392 g/mol. The fourth-order valence-corrected chi connectivity index (χ4v) is 3.95. The zero-order chi connectivity index (χ0) is 21.3. The smallest absolute Gasteiger partial charge is 0.258 e. The van der Waals surface area contributed by atoms with Crippen LogP contribution in [0.5, 0.6) is 5.75 Å². The van der Waals surface area contributed by atoms with Gasteiger partial charge in [0.05, 0.1) is 12.1 Å². The van der Waals surface area contributed by atoms with Gasteiger partial charge in [0.15, 0.2) is 11.6 Å². The van der Waals surface area contributed by atoms with E-state index in [-0.39, 0.29) is 24.7 Å². The fraction of sp³-hybridized carbons (Fsp3) is 0.364. The molecule has 1 saturated heterocycles. The maximum absolute atomic E-state index is 13.4. The Bertz CT molecular complexity index is 974. The summed E-state index contributed by atoms with van der Waals surface area (Å²) in [5.41, 5.74) is -0.0300. The number of nitrogens with zero attached hydrogens (tertiary/aromatic N) is 2. The van der Waals surface area contributed by atoms with E-state index in [1.165, 1.54) is 11.0 Å². The lowest BCUT2D eigenvalue weighted by molar-refractivity contribution is -0.117. The van der Waals surface area contributed by atoms with Crippen molar-refractivity contribution in [1.82, 2.24) is 9.80 Å². The Labute approximate surface area is 173 Å². The molecule has 1 N–H and O–H groups in total. The van der Waals surface area contributed by atoms with E-state index in [0.29, 0.717) is 11.3 Å². The number of amides is 2. The second-order valence-corrected chi connectivity index (χ2v) is 7.92. The number of carbonyl (C=O) groups is 2. The van der Waals surface area contributed by atoms with Crippen molar-refractivity contribution in [2.75, 3.05) is 38.5 Å². The Morgan fingerprint density at radius 2 is 1.87 bits per heavy atom. The first-order valence-electron chi connectivity index (χ1n) is 9.86. The van der Waals surface area contributed by atoms with E-state index in [1.807, 2.05) is 13.1 Å². The number of carbonyl (C=O) groups excluding carboxylic acids is 2. The van der Waals surface area contributed by atoms with E-state index in [0.717, 1.165) is 38.1 Å². The molecule has 0 aromatic heterocycles. The number of ether oxygens (including phenoxy) is 1. The van der Waals surface area contributed by atoms with Crippen LogP contribution >= 0.6 is 0 Å². The molecule has 2 heterocycles. The summed E-state index contributed by atoms with van der Waals surface area (Å²) in [6.45, 7) is 1.71. The maximum atomic E-state index is 13.4. The molecule has 0 atom stereocenters. The summed E-state index contributed by atoms with van der Waals surface area (Å²) >= 11 is 0. The van der Waals surface area contributed by atoms with Gasteiger partial charge in [-0.3, -0.25) is 9.59 Å². The summed E-state index contributed by atoms with van der Waals surface area (Å²) in [5, 5.41) is 2.53. The molecule has 0 unspecified atom stereocenters. The molecule has 0 radical (unpaired) electrons. The lowest BCUT2D eigenvalue weighted by atomic mass is 9.90. The number of benzene rings is 2. The first-order valence-corrected chi connectivity index (χ1v) is 9.86. The van der Waals surface area contributed by atoms with Crippen LogP contribution in [0.1, 0.15) is 23.2 Å². The Kier molecular flexibility index (Phi) is 5.42. The van der Waals surface area contributed by atoms with E-state index in [4.69, 9.17) is 4.74 Å². The molecule has 0 aliphatic carbocycles. The molecule has 2 amide bonds. The van der Waals surface area contributed by atoms with Crippen LogP contribution in [0.25, 0.3) is 0 Å². The van der Waals surface area contributed by atoms with E-state index in [9.17, 15) is 18.4 Å². The van der Waals surface area contributed by atoms with Crippen LogP contribution in [0.4, 0.5) is 14.5 Å². The van der Waals surface area contributed by atoms with Crippen LogP contribution in [0.2, 0.25) is 0 Å². The minimum Gasteiger partial charge on any atom is -0.484 e. The number of rotatable bonds is 3. The van der Waals surface area contributed by atoms with Gasteiger partial charge in [0.2, 0.25) is 5.91 Å². The molecule has 1 spiro atoms. The predicted octanol–water partition coefficient (Wildman–Crippen LogP) is 2.90. The van der Waals surface area contributed by atoms with Crippen molar-refractivity contribution in [2.45, 2.75) is 18.4 Å². The van der Waals surface area contributed by atoms with Gasteiger partial charge >= 0.3 is 0 Å². The normalized spacial score (nSPS) is 18.5. The third-order valence-electron chi connectivity index (χ3n) is 5.65. The molecule has 0 saturated carbocycles. The molecule has 4 rings (SSSR count). The van der Waals surface area contributed by atoms with Gasteiger partial charge in [-0.05, 0) is 31.3 Å². The second-order valence-electron chi connectivity index (χ2n) is 7.92. The number of para-hydroxylation sites is 1. The molecule has 0 bridgehead atoms. The van der Waals surface area contributed by atoms with Crippen molar-refractivity contribution >= 4 is 17.5 Å². The molecule has 30 heavy (non-hydrogen) atoms. The number of nitrogens with one attached hydrogen (secondary N) is 1. The van der Waals surface area contributed by atoms with Crippen molar-refractivity contribution < 1.29 is 23.1 Å². The lowest BCUT2D eigenvalue weighted by Gasteiger charge is -2.41. The van der Waals surface area contributed by atoms with Crippen LogP contribution in [-0.2, 0) is 4.79 Å². The molecule has 2 aliphatic heterocycles. The van der Waals surface area contributed by atoms with Gasteiger partial charge in [-0.15, -0.1) is 0 Å². The van der Waals surface area contributed by atoms with E-state index in [2.05, 4.69) is 10.2 Å². The predicted molar refractivity (Wildman–Crippen MR) is 107 cm³/mol. The van der Waals surface area contributed by atoms with Gasteiger partial charge in [0, 0.05) is 37.7 Å². The van der Waals surface area contributed by atoms with E-state index in [1.54, 1.807) is 18.2 Å². The highest BCUT2D eigenvalue weighted by atomic mass is 19.2. The minimum absolute atomic E-state index is 0.131. The molecule has 8 heteroatoms. The second kappa shape index (κ2) is 8.02. The number of hydrogen-bond donors (Lipinski definition) is 1. The largest absolute Gasteiger partial charge is 0.484 e. The van der Waals surface area contributed by atoms with Crippen LogP contribution in [-0.4, -0.2) is 60.4 Å². The Morgan fingerprint density at radius 3 is 2.60 bits per heavy atom. The highest BCUT2D eigenvalue weighted by Crippen LogP contribution is 2.35. The van der Waals surface area contributed by atoms with E-state index < -0.39 is 23.1 Å². The summed E-state index contributed by atoms with van der Waals surface area (Å²) < 4.78 is 32.9. The van der Waals surface area contributed by atoms with Gasteiger partial charge in [-0.25, -0.2) is 8.78 Å². The summed E-state index contributed by atoms with van der Waals surface area (Å²) in [5.74, 6) is -2.30. The minimum atomic E-state index is -1.05. The monoisotopic (exact) mass is 415 g/mol. The number of likely N-dealkylation sites (tertiary alicyclic amines) is 1. The van der Waals surface area contributed by atoms with Crippen molar-refractivity contribution in [2.24, 2.45) is 0 Å². The SMILES string of the molecule is CN1CCC2(CC1)CN(CC(=O)Nc1ccc(F)c(F)c1)C(=O)c1ccccc1O2. The van der Waals surface area contributed by atoms with Crippen LogP contribution in [0.3, 0.4) is 0 Å². The quantitative estimate of drug-likeness (QED) is 0.838. The maximum Gasteiger partial charge on any atom is 0.258 e. The molecule has 6 nitrogen and oxygen atoms in total. The van der Waals surface area contributed by atoms with Crippen molar-refractivity contribution in [3.05, 3.63) is 59.7 Å². The van der Waals surface area contributed by atoms with Gasteiger partial charge in [0.1, 0.15) is 17.9 Å². The number of fused-ring (bicyclic) bond motifs is 1. The fourth-order valence-electron chi connectivity index (χ4n) is 3.95. The third kappa shape index (κ3) is 4.14. The zero-order valence-electron chi connectivity index (χ0n) is 16.7. The van der Waals surface area contributed by atoms with Crippen LogP contribution in [0.15, 0.2) is 42.5 Å². The molecule has 1 fully saturated rings. The first-order chi connectivity index (χ1) is 14.3. The molecular formula is C22H23F2N3O3. The average Bonchev–Trinajstić information content (AvgIpc) is 2.83. The van der Waals surface area contributed by atoms with Crippen LogP contribution < -0.4 is 10.1 Å². The average molecular weight is 415 g/mol. The highest BCUT2D eigenvalue weighted by molar-refractivity contribution is 6.01. The number of hydrogen-bond acceptors (Lipinski definition) is 4. The summed E-state index contributed by atoms with van der Waals surface area (Å²) in [7, 11) is 2.04.